The van der Waals surface area contributed by atoms with Gasteiger partial charge in [0.15, 0.2) is 0 Å². The average Bonchev–Trinajstić information content (AvgIpc) is 3.25. The molecule has 39 heavy (non-hydrogen) atoms. The molecular weight excluding hydrogens is 496 g/mol. The van der Waals surface area contributed by atoms with Crippen molar-refractivity contribution in [1.82, 2.24) is 15.2 Å². The van der Waals surface area contributed by atoms with E-state index >= 15 is 0 Å². The van der Waals surface area contributed by atoms with Crippen molar-refractivity contribution < 1.29 is 23.9 Å². The van der Waals surface area contributed by atoms with Crippen molar-refractivity contribution in [3.63, 3.8) is 0 Å². The quantitative estimate of drug-likeness (QED) is 0.437. The minimum atomic E-state index is -0.553. The Balaban J connectivity index is 1.51. The maximum atomic E-state index is 13.5. The van der Waals surface area contributed by atoms with Gasteiger partial charge in [-0.1, -0.05) is 18.2 Å². The number of nitriles is 1. The fraction of sp³-hybridized carbons (Fsp3) is 0.400. The third kappa shape index (κ3) is 6.96. The van der Waals surface area contributed by atoms with Gasteiger partial charge in [-0.2, -0.15) is 5.26 Å². The summed E-state index contributed by atoms with van der Waals surface area (Å²) in [5.41, 5.74) is 2.41. The number of nitrogens with zero attached hydrogens (tertiary/aromatic N) is 2. The highest BCUT2D eigenvalue weighted by molar-refractivity contribution is 5.99. The molecular formula is C30H34N4O5. The number of aromatic nitrogens is 1. The molecule has 4 rings (SSSR count). The molecule has 0 spiro atoms. The van der Waals surface area contributed by atoms with Crippen molar-refractivity contribution in [3.05, 3.63) is 70.9 Å². The smallest absolute Gasteiger partial charge is 0.407 e. The monoisotopic (exact) mass is 530 g/mol. The molecule has 2 aromatic carbocycles. The van der Waals surface area contributed by atoms with E-state index in [1.807, 2.05) is 43.5 Å². The van der Waals surface area contributed by atoms with E-state index in [0.29, 0.717) is 23.4 Å². The minimum Gasteiger partial charge on any atom is -0.465 e. The van der Waals surface area contributed by atoms with Gasteiger partial charge in [-0.05, 0) is 82.3 Å². The summed E-state index contributed by atoms with van der Waals surface area (Å²) in [6.45, 7) is 5.82. The van der Waals surface area contributed by atoms with Crippen LogP contribution in [-0.4, -0.2) is 47.3 Å². The normalized spacial score (nSPS) is 17.2. The molecule has 1 saturated carbocycles. The molecule has 2 amide bonds. The van der Waals surface area contributed by atoms with Crippen molar-refractivity contribution >= 4 is 28.9 Å². The van der Waals surface area contributed by atoms with E-state index in [2.05, 4.69) is 16.7 Å². The van der Waals surface area contributed by atoms with Crippen LogP contribution in [0.4, 0.5) is 4.79 Å². The topological polar surface area (TPSA) is 122 Å². The molecule has 3 aromatic rings. The number of nitrogens with one attached hydrogen (secondary N) is 2. The van der Waals surface area contributed by atoms with Crippen LogP contribution < -0.4 is 10.6 Å². The van der Waals surface area contributed by atoms with E-state index in [0.717, 1.165) is 42.1 Å². The highest BCUT2D eigenvalue weighted by atomic mass is 16.6. The fourth-order valence-electron chi connectivity index (χ4n) is 4.90. The molecule has 1 aliphatic rings. The molecule has 0 aliphatic heterocycles. The molecule has 1 fully saturated rings. The maximum absolute atomic E-state index is 13.5. The number of rotatable bonds is 6. The zero-order valence-electron chi connectivity index (χ0n) is 22.7. The predicted octanol–water partition coefficient (Wildman–Crippen LogP) is 4.91. The summed E-state index contributed by atoms with van der Waals surface area (Å²) in [6, 6.07) is 16.4. The van der Waals surface area contributed by atoms with Gasteiger partial charge < -0.3 is 24.7 Å². The second-order valence-electron chi connectivity index (χ2n) is 10.9. The lowest BCUT2D eigenvalue weighted by atomic mass is 9.91. The summed E-state index contributed by atoms with van der Waals surface area (Å²) >= 11 is 0. The van der Waals surface area contributed by atoms with Crippen molar-refractivity contribution in [1.29, 1.82) is 5.26 Å². The van der Waals surface area contributed by atoms with Gasteiger partial charge in [0.25, 0.3) is 5.91 Å². The van der Waals surface area contributed by atoms with Gasteiger partial charge in [-0.15, -0.1) is 0 Å². The number of alkyl carbamates (subject to hydrolysis) is 1. The number of hydrogen-bond donors (Lipinski definition) is 2. The number of esters is 1. The number of amides is 2. The summed E-state index contributed by atoms with van der Waals surface area (Å²) in [4.78, 5) is 37.7. The molecule has 1 aromatic heterocycles. The van der Waals surface area contributed by atoms with Crippen molar-refractivity contribution in [2.75, 3.05) is 7.11 Å². The van der Waals surface area contributed by atoms with E-state index < -0.39 is 17.7 Å². The Morgan fingerprint density at radius 1 is 1.00 bits per heavy atom. The van der Waals surface area contributed by atoms with Crippen LogP contribution in [0.2, 0.25) is 0 Å². The van der Waals surface area contributed by atoms with Gasteiger partial charge in [0.1, 0.15) is 11.3 Å². The summed E-state index contributed by atoms with van der Waals surface area (Å²) in [5.74, 6) is -0.645. The Morgan fingerprint density at radius 2 is 1.69 bits per heavy atom. The molecule has 1 aliphatic carbocycles. The Labute approximate surface area is 228 Å². The highest BCUT2D eigenvalue weighted by Crippen LogP contribution is 2.25. The lowest BCUT2D eigenvalue weighted by Crippen LogP contribution is -2.45. The maximum Gasteiger partial charge on any atom is 0.407 e. The van der Waals surface area contributed by atoms with E-state index in [9.17, 15) is 19.6 Å². The Bertz CT molecular complexity index is 1420. The molecule has 9 nitrogen and oxygen atoms in total. The first-order valence-electron chi connectivity index (χ1n) is 13.1. The summed E-state index contributed by atoms with van der Waals surface area (Å²) < 4.78 is 12.1. The molecule has 0 atom stereocenters. The van der Waals surface area contributed by atoms with Crippen molar-refractivity contribution in [2.24, 2.45) is 0 Å². The van der Waals surface area contributed by atoms with E-state index in [1.165, 1.54) is 7.11 Å². The first kappa shape index (κ1) is 27.7. The third-order valence-electron chi connectivity index (χ3n) is 6.74. The van der Waals surface area contributed by atoms with Crippen LogP contribution in [0.25, 0.3) is 10.9 Å². The zero-order valence-corrected chi connectivity index (χ0v) is 22.7. The van der Waals surface area contributed by atoms with Gasteiger partial charge in [0.2, 0.25) is 0 Å². The number of carbonyl (C=O) groups is 3. The van der Waals surface area contributed by atoms with E-state index in [1.54, 1.807) is 30.3 Å². The first-order chi connectivity index (χ1) is 18.6. The van der Waals surface area contributed by atoms with Crippen LogP contribution in [0.15, 0.2) is 48.5 Å². The molecule has 9 heteroatoms. The fourth-order valence-corrected chi connectivity index (χ4v) is 4.90. The number of fused-ring (bicyclic) bond motifs is 1. The average molecular weight is 531 g/mol. The highest BCUT2D eigenvalue weighted by Gasteiger charge is 2.27. The van der Waals surface area contributed by atoms with Gasteiger partial charge in [0.05, 0.1) is 29.8 Å². The molecule has 0 unspecified atom stereocenters. The SMILES string of the molecule is COC(=O)c1cccc(Cn2c(C(=O)N[C@H]3CC[C@H](NC(=O)OC(C)(C)C)CC3)cc3ccc(C#N)cc32)c1. The van der Waals surface area contributed by atoms with Gasteiger partial charge in [-0.25, -0.2) is 9.59 Å². The summed E-state index contributed by atoms with van der Waals surface area (Å²) in [6.07, 6.45) is 2.50. The largest absolute Gasteiger partial charge is 0.465 e. The molecule has 204 valence electrons. The first-order valence-corrected chi connectivity index (χ1v) is 13.1. The molecule has 2 N–H and O–H groups in total. The summed E-state index contributed by atoms with van der Waals surface area (Å²) in [5, 5.41) is 16.4. The summed E-state index contributed by atoms with van der Waals surface area (Å²) in [7, 11) is 1.33. The minimum absolute atomic E-state index is 0.00550. The molecule has 0 bridgehead atoms. The Hall–Kier alpha value is -4.32. The lowest BCUT2D eigenvalue weighted by Gasteiger charge is -2.30. The van der Waals surface area contributed by atoms with Crippen molar-refractivity contribution in [3.8, 4) is 6.07 Å². The van der Waals surface area contributed by atoms with Gasteiger partial charge >= 0.3 is 12.1 Å². The predicted molar refractivity (Wildman–Crippen MR) is 146 cm³/mol. The molecule has 1 heterocycles. The number of hydrogen-bond acceptors (Lipinski definition) is 6. The van der Waals surface area contributed by atoms with Crippen molar-refractivity contribution in [2.45, 2.75) is 70.7 Å². The standard InChI is InChI=1S/C30H34N4O5/c1-30(2,3)39-29(37)33-24-12-10-23(11-13-24)32-27(35)26-16-21-9-8-19(17-31)15-25(21)34(26)18-20-6-5-7-22(14-20)28(36)38-4/h5-9,14-16,23-24H,10-13,18H2,1-4H3,(H,32,35)(H,33,37)/t23-,24-. The van der Waals surface area contributed by atoms with Crippen LogP contribution in [0, 0.1) is 11.3 Å². The number of methoxy groups -OCH3 is 1. The van der Waals surface area contributed by atoms with E-state index in [4.69, 9.17) is 9.47 Å². The number of carbonyl (C=O) groups excluding carboxylic acids is 3. The number of ether oxygens (including phenoxy) is 2. The lowest BCUT2D eigenvalue weighted by molar-refractivity contribution is 0.0487. The second-order valence-corrected chi connectivity index (χ2v) is 10.9. The van der Waals surface area contributed by atoms with Crippen LogP contribution in [0.5, 0.6) is 0 Å². The second kappa shape index (κ2) is 11.6. The van der Waals surface area contributed by atoms with Crippen LogP contribution >= 0.6 is 0 Å². The van der Waals surface area contributed by atoms with Gasteiger partial charge in [0, 0.05) is 24.0 Å². The van der Waals surface area contributed by atoms with Crippen LogP contribution in [0.1, 0.15) is 78.4 Å². The Kier molecular flexibility index (Phi) is 8.24. The van der Waals surface area contributed by atoms with E-state index in [-0.39, 0.29) is 18.0 Å². The third-order valence-corrected chi connectivity index (χ3v) is 6.74. The van der Waals surface area contributed by atoms with Crippen LogP contribution in [0.3, 0.4) is 0 Å². The molecule has 0 radical (unpaired) electrons. The number of benzene rings is 2. The van der Waals surface area contributed by atoms with Crippen LogP contribution in [-0.2, 0) is 16.0 Å². The molecule has 0 saturated heterocycles. The zero-order chi connectivity index (χ0) is 28.2. The Morgan fingerprint density at radius 3 is 2.33 bits per heavy atom. The van der Waals surface area contributed by atoms with Gasteiger partial charge in [-0.3, -0.25) is 4.79 Å².